The van der Waals surface area contributed by atoms with E-state index < -0.39 is 0 Å². The number of likely N-dealkylation sites (tertiary alicyclic amines) is 1. The van der Waals surface area contributed by atoms with E-state index in [2.05, 4.69) is 25.3 Å². The van der Waals surface area contributed by atoms with Crippen molar-refractivity contribution in [2.24, 2.45) is 0 Å². The molecule has 6 nitrogen and oxygen atoms in total. The lowest BCUT2D eigenvalue weighted by atomic mass is 10.3. The highest BCUT2D eigenvalue weighted by molar-refractivity contribution is 5.67. The van der Waals surface area contributed by atoms with Gasteiger partial charge in [-0.05, 0) is 18.6 Å². The van der Waals surface area contributed by atoms with Crippen molar-refractivity contribution >= 4 is 11.8 Å². The number of anilines is 1. The van der Waals surface area contributed by atoms with E-state index in [0.717, 1.165) is 37.4 Å². The van der Waals surface area contributed by atoms with Gasteiger partial charge in [0.05, 0.1) is 12.8 Å². The van der Waals surface area contributed by atoms with Crippen molar-refractivity contribution in [2.75, 3.05) is 32.6 Å². The van der Waals surface area contributed by atoms with Crippen LogP contribution in [0.4, 0.5) is 10.5 Å². The number of ether oxygens (including phenoxy) is 1. The third-order valence-electron chi connectivity index (χ3n) is 3.27. The molecule has 1 atom stereocenters. The maximum atomic E-state index is 11.1. The van der Waals surface area contributed by atoms with Crippen molar-refractivity contribution in [3.05, 3.63) is 24.0 Å². The first-order chi connectivity index (χ1) is 9.21. The number of carbonyl (C=O) groups is 1. The molecular weight excluding hydrogens is 244 g/mol. The number of aromatic nitrogens is 1. The zero-order valence-corrected chi connectivity index (χ0v) is 11.3. The second-order valence-corrected chi connectivity index (χ2v) is 4.64. The molecule has 0 aliphatic carbocycles. The van der Waals surface area contributed by atoms with Gasteiger partial charge >= 0.3 is 6.09 Å². The fourth-order valence-electron chi connectivity index (χ4n) is 2.27. The molecule has 1 aliphatic rings. The molecule has 1 aromatic rings. The van der Waals surface area contributed by atoms with Crippen molar-refractivity contribution in [3.63, 3.8) is 0 Å². The molecule has 1 fully saturated rings. The summed E-state index contributed by atoms with van der Waals surface area (Å²) in [7, 11) is 3.28. The minimum atomic E-state index is -0.359. The van der Waals surface area contributed by atoms with Crippen molar-refractivity contribution < 1.29 is 9.53 Å². The number of nitrogens with one attached hydrogen (secondary N) is 2. The Hall–Kier alpha value is -1.82. The second-order valence-electron chi connectivity index (χ2n) is 4.64. The Balaban J connectivity index is 1.85. The van der Waals surface area contributed by atoms with Crippen LogP contribution >= 0.6 is 0 Å². The molecule has 0 radical (unpaired) electrons. The molecule has 2 rings (SSSR count). The molecule has 6 heteroatoms. The monoisotopic (exact) mass is 264 g/mol. The molecular formula is C13H20N4O2. The van der Waals surface area contributed by atoms with Crippen LogP contribution in [0.3, 0.4) is 0 Å². The van der Waals surface area contributed by atoms with Crippen molar-refractivity contribution in [1.29, 1.82) is 0 Å². The second kappa shape index (κ2) is 6.38. The predicted octanol–water partition coefficient (Wildman–Crippen LogP) is 1.05. The van der Waals surface area contributed by atoms with Gasteiger partial charge in [-0.25, -0.2) is 4.79 Å². The van der Waals surface area contributed by atoms with Crippen LogP contribution in [0.5, 0.6) is 0 Å². The molecule has 2 heterocycles. The number of nitrogens with zero attached hydrogens (tertiary/aromatic N) is 2. The van der Waals surface area contributed by atoms with Crippen LogP contribution in [0, 0.1) is 0 Å². The lowest BCUT2D eigenvalue weighted by Crippen LogP contribution is -2.36. The van der Waals surface area contributed by atoms with E-state index >= 15 is 0 Å². The van der Waals surface area contributed by atoms with Gasteiger partial charge in [-0.2, -0.15) is 0 Å². The van der Waals surface area contributed by atoms with Gasteiger partial charge in [0.1, 0.15) is 0 Å². The van der Waals surface area contributed by atoms with Gasteiger partial charge in [-0.15, -0.1) is 0 Å². The fourth-order valence-corrected chi connectivity index (χ4v) is 2.27. The van der Waals surface area contributed by atoms with E-state index in [1.807, 2.05) is 19.2 Å². The van der Waals surface area contributed by atoms with E-state index in [4.69, 9.17) is 0 Å². The summed E-state index contributed by atoms with van der Waals surface area (Å²) in [6, 6.07) is 4.15. The molecule has 104 valence electrons. The molecule has 0 bridgehead atoms. The van der Waals surface area contributed by atoms with E-state index in [1.165, 1.54) is 7.11 Å². The summed E-state index contributed by atoms with van der Waals surface area (Å²) >= 11 is 0. The number of pyridine rings is 1. The Morgan fingerprint density at radius 1 is 1.63 bits per heavy atom. The topological polar surface area (TPSA) is 66.5 Å². The number of rotatable bonds is 4. The zero-order valence-electron chi connectivity index (χ0n) is 11.3. The lowest BCUT2D eigenvalue weighted by Gasteiger charge is -2.16. The SMILES string of the molecule is CNc1ccnc(CN2CCC(NC(=O)OC)C2)c1. The summed E-state index contributed by atoms with van der Waals surface area (Å²) in [6.07, 6.45) is 2.39. The summed E-state index contributed by atoms with van der Waals surface area (Å²) < 4.78 is 4.61. The largest absolute Gasteiger partial charge is 0.453 e. The molecule has 2 N–H and O–H groups in total. The summed E-state index contributed by atoms with van der Waals surface area (Å²) in [5, 5.41) is 5.93. The minimum Gasteiger partial charge on any atom is -0.453 e. The Kier molecular flexibility index (Phi) is 4.57. The van der Waals surface area contributed by atoms with E-state index in [0.29, 0.717) is 0 Å². The third kappa shape index (κ3) is 3.82. The fraction of sp³-hybridized carbons (Fsp3) is 0.538. The Morgan fingerprint density at radius 3 is 3.21 bits per heavy atom. The van der Waals surface area contributed by atoms with Gasteiger partial charge < -0.3 is 15.4 Å². The number of methoxy groups -OCH3 is 1. The minimum absolute atomic E-state index is 0.167. The van der Waals surface area contributed by atoms with Gasteiger partial charge in [0.25, 0.3) is 0 Å². The Bertz CT molecular complexity index is 438. The molecule has 0 aromatic carbocycles. The van der Waals surface area contributed by atoms with Crippen molar-refractivity contribution in [2.45, 2.75) is 19.0 Å². The number of amides is 1. The third-order valence-corrected chi connectivity index (χ3v) is 3.27. The molecule has 1 aromatic heterocycles. The molecule has 1 saturated heterocycles. The number of alkyl carbamates (subject to hydrolysis) is 1. The van der Waals surface area contributed by atoms with Gasteiger partial charge in [0, 0.05) is 44.6 Å². The van der Waals surface area contributed by atoms with E-state index in [-0.39, 0.29) is 12.1 Å². The molecule has 0 saturated carbocycles. The first-order valence-corrected chi connectivity index (χ1v) is 6.41. The quantitative estimate of drug-likeness (QED) is 0.851. The maximum absolute atomic E-state index is 11.1. The summed E-state index contributed by atoms with van der Waals surface area (Å²) in [6.45, 7) is 2.59. The first-order valence-electron chi connectivity index (χ1n) is 6.41. The lowest BCUT2D eigenvalue weighted by molar-refractivity contribution is 0.166. The summed E-state index contributed by atoms with van der Waals surface area (Å²) in [4.78, 5) is 17.8. The molecule has 1 aliphatic heterocycles. The molecule has 19 heavy (non-hydrogen) atoms. The van der Waals surface area contributed by atoms with Gasteiger partial charge in [0.2, 0.25) is 0 Å². The van der Waals surface area contributed by atoms with Gasteiger partial charge in [0.15, 0.2) is 0 Å². The Morgan fingerprint density at radius 2 is 2.47 bits per heavy atom. The highest BCUT2D eigenvalue weighted by atomic mass is 16.5. The Labute approximate surface area is 113 Å². The number of hydrogen-bond donors (Lipinski definition) is 2. The van der Waals surface area contributed by atoms with Gasteiger partial charge in [-0.1, -0.05) is 0 Å². The van der Waals surface area contributed by atoms with Crippen LogP contribution in [0.2, 0.25) is 0 Å². The van der Waals surface area contributed by atoms with Crippen LogP contribution < -0.4 is 10.6 Å². The van der Waals surface area contributed by atoms with E-state index in [9.17, 15) is 4.79 Å². The highest BCUT2D eigenvalue weighted by Crippen LogP contribution is 2.14. The highest BCUT2D eigenvalue weighted by Gasteiger charge is 2.24. The summed E-state index contributed by atoms with van der Waals surface area (Å²) in [5.74, 6) is 0. The predicted molar refractivity (Wildman–Crippen MR) is 73.0 cm³/mol. The van der Waals surface area contributed by atoms with Crippen molar-refractivity contribution in [3.8, 4) is 0 Å². The van der Waals surface area contributed by atoms with Crippen LogP contribution in [-0.2, 0) is 11.3 Å². The first kappa shape index (κ1) is 13.6. The molecule has 0 spiro atoms. The van der Waals surface area contributed by atoms with E-state index in [1.54, 1.807) is 6.20 Å². The zero-order chi connectivity index (χ0) is 13.7. The smallest absolute Gasteiger partial charge is 0.407 e. The summed E-state index contributed by atoms with van der Waals surface area (Å²) in [5.41, 5.74) is 2.10. The standard InChI is InChI=1S/C13H20N4O2/c1-14-10-3-5-15-12(7-10)9-17-6-4-11(8-17)16-13(18)19-2/h3,5,7,11H,4,6,8-9H2,1-2H3,(H,14,15)(H,16,18). The van der Waals surface area contributed by atoms with Crippen LogP contribution in [0.25, 0.3) is 0 Å². The maximum Gasteiger partial charge on any atom is 0.407 e. The average Bonchev–Trinajstić information content (AvgIpc) is 2.86. The average molecular weight is 264 g/mol. The molecule has 1 amide bonds. The molecule has 1 unspecified atom stereocenters. The van der Waals surface area contributed by atoms with Gasteiger partial charge in [-0.3, -0.25) is 9.88 Å². The number of carbonyl (C=O) groups excluding carboxylic acids is 1. The van der Waals surface area contributed by atoms with Crippen LogP contribution in [-0.4, -0.2) is 49.3 Å². The normalized spacial score (nSPS) is 19.2. The van der Waals surface area contributed by atoms with Crippen LogP contribution in [0.15, 0.2) is 18.3 Å². The number of hydrogen-bond acceptors (Lipinski definition) is 5. The van der Waals surface area contributed by atoms with Crippen molar-refractivity contribution in [1.82, 2.24) is 15.2 Å². The van der Waals surface area contributed by atoms with Crippen LogP contribution in [0.1, 0.15) is 12.1 Å².